The zero-order chi connectivity index (χ0) is 25.7. The summed E-state index contributed by atoms with van der Waals surface area (Å²) in [6.45, 7) is 5.54. The molecule has 1 aliphatic heterocycles. The van der Waals surface area contributed by atoms with Gasteiger partial charge in [-0.25, -0.2) is 0 Å². The molecule has 0 bridgehead atoms. The van der Waals surface area contributed by atoms with Crippen LogP contribution in [0.2, 0.25) is 0 Å². The summed E-state index contributed by atoms with van der Waals surface area (Å²) >= 11 is 0. The molecule has 3 N–H and O–H groups in total. The summed E-state index contributed by atoms with van der Waals surface area (Å²) in [6, 6.07) is 18.9. The van der Waals surface area contributed by atoms with Crippen molar-refractivity contribution in [2.24, 2.45) is 5.73 Å². The highest BCUT2D eigenvalue weighted by atomic mass is 16.5. The number of carbonyl (C=O) groups is 2. The predicted molar refractivity (Wildman–Crippen MR) is 141 cm³/mol. The largest absolute Gasteiger partial charge is 0.497 e. The molecule has 2 amide bonds. The molecule has 1 fully saturated rings. The number of rotatable bonds is 8. The van der Waals surface area contributed by atoms with E-state index < -0.39 is 5.91 Å². The number of hydrogen-bond acceptors (Lipinski definition) is 6. The number of anilines is 2. The van der Waals surface area contributed by atoms with Crippen LogP contribution in [-0.4, -0.2) is 52.2 Å². The summed E-state index contributed by atoms with van der Waals surface area (Å²) in [6.07, 6.45) is 0. The number of carbonyl (C=O) groups excluding carboxylic acids is 2. The smallest absolute Gasteiger partial charge is 0.251 e. The molecule has 0 spiro atoms. The highest BCUT2D eigenvalue weighted by Crippen LogP contribution is 2.27. The van der Waals surface area contributed by atoms with Crippen molar-refractivity contribution < 1.29 is 19.1 Å². The van der Waals surface area contributed by atoms with E-state index in [2.05, 4.69) is 40.2 Å². The Kier molecular flexibility index (Phi) is 7.63. The molecule has 36 heavy (non-hydrogen) atoms. The zero-order valence-electron chi connectivity index (χ0n) is 20.9. The van der Waals surface area contributed by atoms with Gasteiger partial charge in [-0.15, -0.1) is 0 Å². The summed E-state index contributed by atoms with van der Waals surface area (Å²) in [5.74, 6) is 0.428. The molecule has 0 radical (unpaired) electrons. The molecular weight excluding hydrogens is 456 g/mol. The Labute approximate surface area is 211 Å². The highest BCUT2D eigenvalue weighted by molar-refractivity contribution is 6.03. The average molecular weight is 489 g/mol. The molecule has 0 aliphatic carbocycles. The minimum atomic E-state index is -0.557. The summed E-state index contributed by atoms with van der Waals surface area (Å²) in [4.78, 5) is 29.7. The Hall–Kier alpha value is -4.20. The van der Waals surface area contributed by atoms with Gasteiger partial charge in [-0.05, 0) is 54.4 Å². The van der Waals surface area contributed by atoms with Crippen LogP contribution in [0.5, 0.6) is 11.5 Å². The molecule has 3 aromatic rings. The molecule has 0 aromatic heterocycles. The van der Waals surface area contributed by atoms with Gasteiger partial charge in [0.05, 0.1) is 19.8 Å². The van der Waals surface area contributed by atoms with Gasteiger partial charge in [0.15, 0.2) is 0 Å². The van der Waals surface area contributed by atoms with Gasteiger partial charge in [-0.1, -0.05) is 18.2 Å². The van der Waals surface area contributed by atoms with Crippen molar-refractivity contribution in [3.63, 3.8) is 0 Å². The highest BCUT2D eigenvalue weighted by Gasteiger charge is 2.23. The van der Waals surface area contributed by atoms with Gasteiger partial charge < -0.3 is 30.3 Å². The number of hydrogen-bond donors (Lipinski definition) is 2. The second kappa shape index (κ2) is 11.0. The van der Waals surface area contributed by atoms with Crippen LogP contribution in [0, 0.1) is 6.92 Å². The zero-order valence-corrected chi connectivity index (χ0v) is 20.9. The van der Waals surface area contributed by atoms with E-state index in [1.165, 1.54) is 11.3 Å². The van der Waals surface area contributed by atoms with E-state index >= 15 is 0 Å². The second-order valence-corrected chi connectivity index (χ2v) is 8.76. The van der Waals surface area contributed by atoms with E-state index in [9.17, 15) is 9.59 Å². The first-order chi connectivity index (χ1) is 17.4. The molecule has 188 valence electrons. The Morgan fingerprint density at radius 3 is 2.06 bits per heavy atom. The van der Waals surface area contributed by atoms with Crippen LogP contribution in [0.25, 0.3) is 0 Å². The van der Waals surface area contributed by atoms with E-state index in [1.54, 1.807) is 32.4 Å². The summed E-state index contributed by atoms with van der Waals surface area (Å²) in [5.41, 5.74) is 10.5. The minimum absolute atomic E-state index is 0.279. The fraction of sp³-hybridized carbons (Fsp3) is 0.286. The van der Waals surface area contributed by atoms with Crippen molar-refractivity contribution in [3.05, 3.63) is 82.9 Å². The fourth-order valence-electron chi connectivity index (χ4n) is 4.51. The van der Waals surface area contributed by atoms with Crippen molar-refractivity contribution in [2.75, 3.05) is 50.2 Å². The van der Waals surface area contributed by atoms with Crippen LogP contribution in [0.1, 0.15) is 31.8 Å². The van der Waals surface area contributed by atoms with Crippen LogP contribution >= 0.6 is 0 Å². The SMILES string of the molecule is COc1cc(CNC(=O)c2ccc(N3CCN(c4ccccc4C)CC3)c(C(N)=O)c2)cc(OC)c1. The first kappa shape index (κ1) is 24.9. The second-order valence-electron chi connectivity index (χ2n) is 8.76. The van der Waals surface area contributed by atoms with Crippen molar-refractivity contribution in [1.29, 1.82) is 0 Å². The maximum absolute atomic E-state index is 12.9. The van der Waals surface area contributed by atoms with Crippen LogP contribution < -0.4 is 30.3 Å². The standard InChI is InChI=1S/C28H32N4O4/c1-19-6-4-5-7-25(19)31-10-12-32(13-11-31)26-9-8-21(16-24(26)27(29)33)28(34)30-18-20-14-22(35-2)17-23(15-20)36-3/h4-9,14-17H,10-13,18H2,1-3H3,(H2,29,33)(H,30,34). The molecule has 3 aromatic carbocycles. The number of primary amides is 1. The number of nitrogens with one attached hydrogen (secondary N) is 1. The lowest BCUT2D eigenvalue weighted by Gasteiger charge is -2.38. The molecular formula is C28H32N4O4. The van der Waals surface area contributed by atoms with Crippen LogP contribution in [-0.2, 0) is 6.54 Å². The lowest BCUT2D eigenvalue weighted by atomic mass is 10.0. The van der Waals surface area contributed by atoms with E-state index in [1.807, 2.05) is 24.3 Å². The fourth-order valence-corrected chi connectivity index (χ4v) is 4.51. The molecule has 1 heterocycles. The summed E-state index contributed by atoms with van der Waals surface area (Å²) in [7, 11) is 3.15. The third-order valence-corrected chi connectivity index (χ3v) is 6.47. The van der Waals surface area contributed by atoms with Gasteiger partial charge in [-0.3, -0.25) is 9.59 Å². The van der Waals surface area contributed by atoms with Gasteiger partial charge in [0.1, 0.15) is 11.5 Å². The van der Waals surface area contributed by atoms with E-state index in [0.29, 0.717) is 22.6 Å². The van der Waals surface area contributed by atoms with Gasteiger partial charge in [0, 0.05) is 55.7 Å². The van der Waals surface area contributed by atoms with Gasteiger partial charge in [0.25, 0.3) is 11.8 Å². The third kappa shape index (κ3) is 5.54. The first-order valence-electron chi connectivity index (χ1n) is 11.9. The third-order valence-electron chi connectivity index (χ3n) is 6.47. The molecule has 8 heteroatoms. The Morgan fingerprint density at radius 1 is 0.861 bits per heavy atom. The van der Waals surface area contributed by atoms with Crippen molar-refractivity contribution in [3.8, 4) is 11.5 Å². The van der Waals surface area contributed by atoms with Gasteiger partial charge >= 0.3 is 0 Å². The Bertz CT molecular complexity index is 1230. The number of nitrogens with zero attached hydrogens (tertiary/aromatic N) is 2. The van der Waals surface area contributed by atoms with E-state index in [0.717, 1.165) is 37.4 Å². The molecule has 0 saturated carbocycles. The topological polar surface area (TPSA) is 97.1 Å². The number of para-hydroxylation sites is 1. The number of nitrogens with two attached hydrogens (primary N) is 1. The number of piperazine rings is 1. The van der Waals surface area contributed by atoms with Crippen molar-refractivity contribution in [2.45, 2.75) is 13.5 Å². The van der Waals surface area contributed by atoms with Gasteiger partial charge in [0.2, 0.25) is 0 Å². The van der Waals surface area contributed by atoms with Crippen molar-refractivity contribution >= 4 is 23.2 Å². The van der Waals surface area contributed by atoms with E-state index in [4.69, 9.17) is 15.2 Å². The monoisotopic (exact) mass is 488 g/mol. The molecule has 8 nitrogen and oxygen atoms in total. The Balaban J connectivity index is 1.45. The maximum atomic E-state index is 12.9. The number of benzene rings is 3. The summed E-state index contributed by atoms with van der Waals surface area (Å²) < 4.78 is 10.6. The number of methoxy groups -OCH3 is 2. The Morgan fingerprint density at radius 2 is 1.47 bits per heavy atom. The first-order valence-corrected chi connectivity index (χ1v) is 11.9. The molecule has 4 rings (SSSR count). The van der Waals surface area contributed by atoms with Crippen LogP contribution in [0.15, 0.2) is 60.7 Å². The van der Waals surface area contributed by atoms with Gasteiger partial charge in [-0.2, -0.15) is 0 Å². The van der Waals surface area contributed by atoms with Crippen molar-refractivity contribution in [1.82, 2.24) is 5.32 Å². The quantitative estimate of drug-likeness (QED) is 0.505. The summed E-state index contributed by atoms with van der Waals surface area (Å²) in [5, 5.41) is 2.89. The van der Waals surface area contributed by atoms with Crippen LogP contribution in [0.3, 0.4) is 0 Å². The predicted octanol–water partition coefficient (Wildman–Crippen LogP) is 3.37. The molecule has 1 aliphatic rings. The molecule has 0 unspecified atom stereocenters. The maximum Gasteiger partial charge on any atom is 0.251 e. The number of aryl methyl sites for hydroxylation is 1. The minimum Gasteiger partial charge on any atom is -0.497 e. The lowest BCUT2D eigenvalue weighted by Crippen LogP contribution is -2.47. The average Bonchev–Trinajstić information content (AvgIpc) is 2.91. The number of ether oxygens (including phenoxy) is 2. The van der Waals surface area contributed by atoms with E-state index in [-0.39, 0.29) is 12.5 Å². The molecule has 1 saturated heterocycles. The lowest BCUT2D eigenvalue weighted by molar-refractivity contribution is 0.0950. The van der Waals surface area contributed by atoms with Crippen LogP contribution in [0.4, 0.5) is 11.4 Å². The normalized spacial score (nSPS) is 13.3. The number of amides is 2. The molecule has 0 atom stereocenters.